The van der Waals surface area contributed by atoms with Crippen LogP contribution in [0.15, 0.2) is 48.8 Å². The van der Waals surface area contributed by atoms with E-state index in [2.05, 4.69) is 56.1 Å². The summed E-state index contributed by atoms with van der Waals surface area (Å²) in [6.45, 7) is 10.3. The Hall–Kier alpha value is -3.87. The lowest BCUT2D eigenvalue weighted by Gasteiger charge is -2.42. The number of nitrogens with zero attached hydrogens (tertiary/aromatic N) is 5. The Morgan fingerprint density at radius 3 is 2.69 bits per heavy atom. The van der Waals surface area contributed by atoms with Crippen LogP contribution in [-0.4, -0.2) is 89.4 Å². The molecule has 0 spiro atoms. The summed E-state index contributed by atoms with van der Waals surface area (Å²) < 4.78 is 29.3. The Morgan fingerprint density at radius 2 is 1.98 bits per heavy atom. The quantitative estimate of drug-likeness (QED) is 0.299. The second kappa shape index (κ2) is 12.2. The number of benzene rings is 1. The number of hydrogen-bond acceptors (Lipinski definition) is 9. The molecule has 4 heterocycles. The number of hydrogen-bond donors (Lipinski definition) is 2. The maximum atomic E-state index is 13.4. The van der Waals surface area contributed by atoms with E-state index in [0.717, 1.165) is 36.3 Å². The van der Waals surface area contributed by atoms with Crippen molar-refractivity contribution in [3.8, 4) is 17.0 Å². The van der Waals surface area contributed by atoms with Gasteiger partial charge in [0.1, 0.15) is 5.69 Å². The van der Waals surface area contributed by atoms with E-state index in [1.54, 1.807) is 24.5 Å². The molecule has 11 nitrogen and oxygen atoms in total. The third-order valence-electron chi connectivity index (χ3n) is 7.53. The fourth-order valence-corrected chi connectivity index (χ4v) is 6.39. The molecule has 42 heavy (non-hydrogen) atoms. The normalized spacial score (nSPS) is 16.7. The molecule has 1 aliphatic rings. The monoisotopic (exact) mass is 591 g/mol. The van der Waals surface area contributed by atoms with Crippen LogP contribution in [-0.2, 0) is 22.1 Å². The molecule has 12 heteroatoms. The molecule has 1 amide bonds. The highest BCUT2D eigenvalue weighted by molar-refractivity contribution is 7.89. The number of rotatable bonds is 9. The summed E-state index contributed by atoms with van der Waals surface area (Å²) in [5.74, 6) is -0.288. The van der Waals surface area contributed by atoms with E-state index < -0.39 is 9.84 Å². The van der Waals surface area contributed by atoms with Crippen LogP contribution in [0.3, 0.4) is 0 Å². The van der Waals surface area contributed by atoms with E-state index in [1.165, 1.54) is 13.4 Å². The van der Waals surface area contributed by atoms with E-state index in [4.69, 9.17) is 4.74 Å². The maximum absolute atomic E-state index is 13.4. The number of ether oxygens (including phenoxy) is 1. The highest BCUT2D eigenvalue weighted by atomic mass is 32.2. The number of H-pyrrole nitrogens is 1. The largest absolute Gasteiger partial charge is 0.481 e. The molecule has 1 aromatic carbocycles. The topological polar surface area (TPSA) is 133 Å². The highest BCUT2D eigenvalue weighted by Crippen LogP contribution is 2.32. The van der Waals surface area contributed by atoms with Gasteiger partial charge in [-0.1, -0.05) is 6.07 Å². The van der Waals surface area contributed by atoms with Crippen molar-refractivity contribution in [2.75, 3.05) is 38.3 Å². The molecule has 1 aliphatic heterocycles. The first-order chi connectivity index (χ1) is 20.0. The van der Waals surface area contributed by atoms with Crippen LogP contribution < -0.4 is 10.1 Å². The van der Waals surface area contributed by atoms with Gasteiger partial charge in [0.2, 0.25) is 5.88 Å². The average Bonchev–Trinajstić information content (AvgIpc) is 3.41. The predicted octanol–water partition coefficient (Wildman–Crippen LogP) is 3.74. The highest BCUT2D eigenvalue weighted by Gasteiger charge is 2.25. The third kappa shape index (κ3) is 6.77. The lowest BCUT2D eigenvalue weighted by molar-refractivity contribution is 0.0558. The van der Waals surface area contributed by atoms with Crippen LogP contribution in [0.25, 0.3) is 22.0 Å². The minimum Gasteiger partial charge on any atom is -0.481 e. The molecule has 0 bridgehead atoms. The number of anilines is 1. The molecule has 2 N–H and O–H groups in total. The van der Waals surface area contributed by atoms with E-state index in [-0.39, 0.29) is 17.5 Å². The summed E-state index contributed by atoms with van der Waals surface area (Å²) in [5.41, 5.74) is 4.28. The summed E-state index contributed by atoms with van der Waals surface area (Å²) in [4.78, 5) is 27.3. The number of sulfone groups is 1. The molecule has 1 atom stereocenters. The molecular formula is C30H37N7O4S. The molecule has 0 radical (unpaired) electrons. The summed E-state index contributed by atoms with van der Waals surface area (Å²) in [6.07, 6.45) is 4.43. The second-order valence-corrected chi connectivity index (χ2v) is 13.3. The first-order valence-electron chi connectivity index (χ1n) is 13.9. The average molecular weight is 592 g/mol. The fourth-order valence-electron chi connectivity index (χ4n) is 5.61. The molecule has 1 saturated heterocycles. The van der Waals surface area contributed by atoms with E-state index >= 15 is 0 Å². The van der Waals surface area contributed by atoms with E-state index in [1.807, 2.05) is 24.3 Å². The minimum atomic E-state index is -3.32. The van der Waals surface area contributed by atoms with Crippen molar-refractivity contribution in [1.82, 2.24) is 30.0 Å². The summed E-state index contributed by atoms with van der Waals surface area (Å²) in [6, 6.07) is 11.9. The predicted molar refractivity (Wildman–Crippen MR) is 163 cm³/mol. The first kappa shape index (κ1) is 29.6. The van der Waals surface area contributed by atoms with Crippen LogP contribution >= 0.6 is 0 Å². The minimum absolute atomic E-state index is 0.207. The zero-order chi connectivity index (χ0) is 30.0. The zero-order valence-corrected chi connectivity index (χ0v) is 25.4. The first-order valence-corrected chi connectivity index (χ1v) is 16.0. The van der Waals surface area contributed by atoms with Crippen molar-refractivity contribution < 1.29 is 17.9 Å². The van der Waals surface area contributed by atoms with Gasteiger partial charge < -0.3 is 10.1 Å². The Bertz CT molecular complexity index is 1700. The van der Waals surface area contributed by atoms with E-state index in [9.17, 15) is 13.2 Å². The lowest BCUT2D eigenvalue weighted by atomic mass is 10.0. The van der Waals surface area contributed by atoms with Crippen LogP contribution in [0.5, 0.6) is 5.88 Å². The van der Waals surface area contributed by atoms with Gasteiger partial charge in [0.05, 0.1) is 36.0 Å². The fraction of sp³-hybridized carbons (Fsp3) is 0.400. The zero-order valence-electron chi connectivity index (χ0n) is 24.6. The second-order valence-electron chi connectivity index (χ2n) is 11.2. The molecule has 3 aromatic heterocycles. The SMILES string of the molecule is COc1ncc(-c2cc(NC(=O)c3cccc(CN4CCN(C(C)C)C(C)C4)n3)c3cn[nH]c3c2)cc1CS(C)(=O)=O. The number of carbonyl (C=O) groups excluding carboxylic acids is 1. The number of piperazine rings is 1. The number of pyridine rings is 2. The van der Waals surface area contributed by atoms with Gasteiger partial charge in [-0.25, -0.2) is 18.4 Å². The number of amides is 1. The number of fused-ring (bicyclic) bond motifs is 1. The van der Waals surface area contributed by atoms with Crippen molar-refractivity contribution in [2.45, 2.75) is 45.2 Å². The molecule has 0 saturated carbocycles. The van der Waals surface area contributed by atoms with Crippen molar-refractivity contribution in [3.05, 3.63) is 65.7 Å². The Kier molecular flexibility index (Phi) is 8.58. The number of aromatic nitrogens is 4. The Balaban J connectivity index is 1.38. The molecule has 222 valence electrons. The number of aromatic amines is 1. The lowest BCUT2D eigenvalue weighted by Crippen LogP contribution is -2.53. The summed E-state index contributed by atoms with van der Waals surface area (Å²) >= 11 is 0. The molecule has 5 rings (SSSR count). The van der Waals surface area contributed by atoms with Crippen molar-refractivity contribution in [3.63, 3.8) is 0 Å². The van der Waals surface area contributed by atoms with Crippen molar-refractivity contribution in [1.29, 1.82) is 0 Å². The van der Waals surface area contributed by atoms with Gasteiger partial charge in [0, 0.05) is 67.2 Å². The third-order valence-corrected chi connectivity index (χ3v) is 8.36. The van der Waals surface area contributed by atoms with Gasteiger partial charge in [-0.3, -0.25) is 19.7 Å². The Labute approximate surface area is 246 Å². The van der Waals surface area contributed by atoms with Crippen LogP contribution in [0.4, 0.5) is 5.69 Å². The van der Waals surface area contributed by atoms with Crippen molar-refractivity contribution in [2.24, 2.45) is 0 Å². The maximum Gasteiger partial charge on any atom is 0.274 e. The summed E-state index contributed by atoms with van der Waals surface area (Å²) in [5, 5.41) is 10.9. The molecule has 0 aliphatic carbocycles. The van der Waals surface area contributed by atoms with Gasteiger partial charge in [-0.15, -0.1) is 0 Å². The molecule has 1 fully saturated rings. The molecule has 4 aromatic rings. The van der Waals surface area contributed by atoms with Crippen LogP contribution in [0.2, 0.25) is 0 Å². The van der Waals surface area contributed by atoms with E-state index in [0.29, 0.717) is 46.7 Å². The summed E-state index contributed by atoms with van der Waals surface area (Å²) in [7, 11) is -1.86. The molecular weight excluding hydrogens is 554 g/mol. The van der Waals surface area contributed by atoms with Crippen LogP contribution in [0, 0.1) is 0 Å². The number of carbonyl (C=O) groups is 1. The number of methoxy groups -OCH3 is 1. The van der Waals surface area contributed by atoms with Gasteiger partial charge >= 0.3 is 0 Å². The van der Waals surface area contributed by atoms with Gasteiger partial charge in [-0.2, -0.15) is 5.10 Å². The smallest absolute Gasteiger partial charge is 0.274 e. The van der Waals surface area contributed by atoms with Gasteiger partial charge in [0.15, 0.2) is 9.84 Å². The van der Waals surface area contributed by atoms with Crippen molar-refractivity contribution >= 4 is 32.3 Å². The standard InChI is InChI=1S/C30H37N7O4S/c1-19(2)37-10-9-36(16-20(37)3)17-24-7-6-8-26(33-24)29(38)34-27-12-21(13-28-25(27)15-32-35-28)22-11-23(18-42(5,39)40)30(41-4)31-14-22/h6-8,11-15,19-20H,9-10,16-18H2,1-5H3,(H,32,35)(H,34,38). The van der Waals surface area contributed by atoms with Gasteiger partial charge in [0.25, 0.3) is 5.91 Å². The Morgan fingerprint density at radius 1 is 1.17 bits per heavy atom. The molecule has 1 unspecified atom stereocenters. The van der Waals surface area contributed by atoms with Crippen LogP contribution in [0.1, 0.15) is 42.5 Å². The number of nitrogens with one attached hydrogen (secondary N) is 2. The van der Waals surface area contributed by atoms with Gasteiger partial charge in [-0.05, 0) is 56.7 Å².